The summed E-state index contributed by atoms with van der Waals surface area (Å²) in [6.45, 7) is 2.64. The summed E-state index contributed by atoms with van der Waals surface area (Å²) >= 11 is 0. The van der Waals surface area contributed by atoms with Crippen molar-refractivity contribution in [2.24, 2.45) is 0 Å². The number of hydrogen-bond donors (Lipinski definition) is 0. The van der Waals surface area contributed by atoms with Gasteiger partial charge >= 0.3 is 11.9 Å². The van der Waals surface area contributed by atoms with Crippen molar-refractivity contribution in [1.82, 2.24) is 0 Å². The Bertz CT molecular complexity index is 605. The number of esters is 2. The quantitative estimate of drug-likeness (QED) is 0.267. The molecule has 1 aromatic carbocycles. The van der Waals surface area contributed by atoms with Crippen molar-refractivity contribution in [3.8, 4) is 0 Å². The fourth-order valence-corrected chi connectivity index (χ4v) is 3.89. The summed E-state index contributed by atoms with van der Waals surface area (Å²) in [5.74, 6) is -0.840. The fourth-order valence-electron chi connectivity index (χ4n) is 3.89. The largest absolute Gasteiger partial charge is 0.462 e. The van der Waals surface area contributed by atoms with Crippen LogP contribution in [0.15, 0.2) is 24.3 Å². The number of hydrogen-bond acceptors (Lipinski definition) is 4. The first-order chi connectivity index (χ1) is 14.2. The first-order valence-electron chi connectivity index (χ1n) is 11.7. The van der Waals surface area contributed by atoms with Gasteiger partial charge in [-0.3, -0.25) is 0 Å². The Hall–Kier alpha value is -1.84. The van der Waals surface area contributed by atoms with Crippen molar-refractivity contribution in [1.29, 1.82) is 0 Å². The lowest BCUT2D eigenvalue weighted by atomic mass is 9.97. The fraction of sp³-hybridized carbons (Fsp3) is 0.680. The third kappa shape index (κ3) is 9.01. The lowest BCUT2D eigenvalue weighted by Crippen LogP contribution is -2.22. The maximum absolute atomic E-state index is 12.6. The molecule has 0 aromatic heterocycles. The Labute approximate surface area is 176 Å². The van der Waals surface area contributed by atoms with E-state index in [2.05, 4.69) is 6.92 Å². The van der Waals surface area contributed by atoms with Gasteiger partial charge in [-0.2, -0.15) is 0 Å². The van der Waals surface area contributed by atoms with Crippen molar-refractivity contribution < 1.29 is 19.1 Å². The predicted molar refractivity (Wildman–Crippen MR) is 116 cm³/mol. The van der Waals surface area contributed by atoms with Gasteiger partial charge in [0.2, 0.25) is 0 Å². The molecule has 0 unspecified atom stereocenters. The molecule has 0 heterocycles. The minimum absolute atomic E-state index is 0.0256. The molecule has 0 N–H and O–H groups in total. The summed E-state index contributed by atoms with van der Waals surface area (Å²) in [6.07, 6.45) is 16.2. The van der Waals surface area contributed by atoms with E-state index >= 15 is 0 Å². The van der Waals surface area contributed by atoms with Crippen molar-refractivity contribution in [3.05, 3.63) is 35.4 Å². The predicted octanol–water partition coefficient (Wildman–Crippen LogP) is 6.86. The Kier molecular flexibility index (Phi) is 11.5. The molecule has 0 spiro atoms. The number of ether oxygens (including phenoxy) is 2. The Balaban J connectivity index is 1.69. The maximum atomic E-state index is 12.6. The molecule has 0 aliphatic heterocycles. The van der Waals surface area contributed by atoms with Crippen LogP contribution < -0.4 is 0 Å². The molecule has 0 amide bonds. The van der Waals surface area contributed by atoms with E-state index in [4.69, 9.17) is 9.47 Å². The molecule has 162 valence electrons. The summed E-state index contributed by atoms with van der Waals surface area (Å²) in [4.78, 5) is 25.0. The molecule has 2 rings (SSSR count). The first kappa shape index (κ1) is 23.4. The van der Waals surface area contributed by atoms with Crippen LogP contribution in [-0.4, -0.2) is 24.6 Å². The van der Waals surface area contributed by atoms with E-state index in [1.807, 2.05) is 0 Å². The van der Waals surface area contributed by atoms with Gasteiger partial charge in [-0.05, 0) is 44.2 Å². The van der Waals surface area contributed by atoms with E-state index in [1.54, 1.807) is 24.3 Å². The molecular formula is C25H38O4. The molecule has 0 atom stereocenters. The van der Waals surface area contributed by atoms with Crippen LogP contribution in [-0.2, 0) is 9.47 Å². The van der Waals surface area contributed by atoms with Crippen LogP contribution in [0.25, 0.3) is 0 Å². The summed E-state index contributed by atoms with van der Waals surface area (Å²) in [7, 11) is 0. The van der Waals surface area contributed by atoms with E-state index < -0.39 is 11.9 Å². The van der Waals surface area contributed by atoms with Crippen LogP contribution in [0, 0.1) is 0 Å². The molecule has 0 radical (unpaired) electrons. The van der Waals surface area contributed by atoms with Gasteiger partial charge in [-0.1, -0.05) is 76.8 Å². The van der Waals surface area contributed by atoms with Crippen molar-refractivity contribution in [2.45, 2.75) is 103 Å². The van der Waals surface area contributed by atoms with Crippen LogP contribution in [0.2, 0.25) is 0 Å². The molecule has 4 heteroatoms. The second-order valence-electron chi connectivity index (χ2n) is 8.18. The highest BCUT2D eigenvalue weighted by molar-refractivity contribution is 6.03. The highest BCUT2D eigenvalue weighted by Gasteiger charge is 2.23. The molecule has 1 aliphatic rings. The molecule has 0 bridgehead atoms. The lowest BCUT2D eigenvalue weighted by Gasteiger charge is -2.22. The Morgan fingerprint density at radius 3 is 1.97 bits per heavy atom. The molecule has 0 saturated heterocycles. The van der Waals surface area contributed by atoms with Crippen LogP contribution in [0.3, 0.4) is 0 Å². The van der Waals surface area contributed by atoms with Gasteiger partial charge in [0.05, 0.1) is 17.7 Å². The molecular weight excluding hydrogens is 364 g/mol. The van der Waals surface area contributed by atoms with Gasteiger partial charge < -0.3 is 9.47 Å². The van der Waals surface area contributed by atoms with Crippen LogP contribution in [0.4, 0.5) is 0 Å². The van der Waals surface area contributed by atoms with Gasteiger partial charge in [0.25, 0.3) is 0 Å². The van der Waals surface area contributed by atoms with E-state index in [-0.39, 0.29) is 6.10 Å². The van der Waals surface area contributed by atoms with Crippen LogP contribution >= 0.6 is 0 Å². The summed E-state index contributed by atoms with van der Waals surface area (Å²) < 4.78 is 11.0. The number of carbonyl (C=O) groups is 2. The number of carbonyl (C=O) groups excluding carboxylic acids is 2. The monoisotopic (exact) mass is 402 g/mol. The number of benzene rings is 1. The van der Waals surface area contributed by atoms with Gasteiger partial charge in [0.1, 0.15) is 6.10 Å². The number of rotatable bonds is 13. The average Bonchev–Trinajstić information content (AvgIpc) is 2.75. The third-order valence-corrected chi connectivity index (χ3v) is 5.67. The highest BCUT2D eigenvalue weighted by atomic mass is 16.5. The topological polar surface area (TPSA) is 52.6 Å². The van der Waals surface area contributed by atoms with E-state index in [9.17, 15) is 9.59 Å². The molecule has 4 nitrogen and oxygen atoms in total. The summed E-state index contributed by atoms with van der Waals surface area (Å²) in [5, 5.41) is 0. The van der Waals surface area contributed by atoms with Crippen molar-refractivity contribution >= 4 is 11.9 Å². The molecule has 1 saturated carbocycles. The van der Waals surface area contributed by atoms with Gasteiger partial charge in [-0.25, -0.2) is 9.59 Å². The highest BCUT2D eigenvalue weighted by Crippen LogP contribution is 2.22. The maximum Gasteiger partial charge on any atom is 0.339 e. The molecule has 29 heavy (non-hydrogen) atoms. The zero-order valence-electron chi connectivity index (χ0n) is 18.1. The summed E-state index contributed by atoms with van der Waals surface area (Å²) in [5.41, 5.74) is 0.624. The minimum atomic E-state index is -0.430. The lowest BCUT2D eigenvalue weighted by molar-refractivity contribution is 0.0203. The number of unbranched alkanes of at least 4 members (excludes halogenated alkanes) is 8. The second kappa shape index (κ2) is 14.2. The SMILES string of the molecule is CCCCCCCCCCCOC(=O)c1ccccc1C(=O)OC1CCCCC1. The molecule has 1 aromatic rings. The van der Waals surface area contributed by atoms with E-state index in [0.29, 0.717) is 17.7 Å². The molecule has 1 fully saturated rings. The standard InChI is InChI=1S/C25H38O4/c1-2-3-4-5-6-7-8-9-15-20-28-24(26)22-18-13-14-19-23(22)25(27)29-21-16-11-10-12-17-21/h13-14,18-19,21H,2-12,15-17,20H2,1H3. The molecule has 1 aliphatic carbocycles. The third-order valence-electron chi connectivity index (χ3n) is 5.67. The second-order valence-corrected chi connectivity index (χ2v) is 8.18. The van der Waals surface area contributed by atoms with Gasteiger partial charge in [0.15, 0.2) is 0 Å². The summed E-state index contributed by atoms with van der Waals surface area (Å²) in [6, 6.07) is 6.82. The van der Waals surface area contributed by atoms with Crippen LogP contribution in [0.1, 0.15) is 118 Å². The van der Waals surface area contributed by atoms with Crippen molar-refractivity contribution in [2.75, 3.05) is 6.61 Å². The minimum Gasteiger partial charge on any atom is -0.462 e. The van der Waals surface area contributed by atoms with Crippen molar-refractivity contribution in [3.63, 3.8) is 0 Å². The van der Waals surface area contributed by atoms with Crippen LogP contribution in [0.5, 0.6) is 0 Å². The zero-order chi connectivity index (χ0) is 20.7. The smallest absolute Gasteiger partial charge is 0.339 e. The first-order valence-corrected chi connectivity index (χ1v) is 11.7. The Morgan fingerprint density at radius 1 is 0.793 bits per heavy atom. The average molecular weight is 403 g/mol. The van der Waals surface area contributed by atoms with E-state index in [1.165, 1.54) is 51.4 Å². The van der Waals surface area contributed by atoms with Gasteiger partial charge in [-0.15, -0.1) is 0 Å². The zero-order valence-corrected chi connectivity index (χ0v) is 18.1. The van der Waals surface area contributed by atoms with E-state index in [0.717, 1.165) is 38.5 Å². The van der Waals surface area contributed by atoms with Gasteiger partial charge in [0, 0.05) is 0 Å². The normalized spacial score (nSPS) is 14.5. The Morgan fingerprint density at radius 2 is 1.34 bits per heavy atom.